The summed E-state index contributed by atoms with van der Waals surface area (Å²) in [6.45, 7) is 3.65. The lowest BCUT2D eigenvalue weighted by molar-refractivity contribution is 0.664. The van der Waals surface area contributed by atoms with Gasteiger partial charge < -0.3 is 11.1 Å². The van der Waals surface area contributed by atoms with E-state index in [2.05, 4.69) is 15.3 Å². The lowest BCUT2D eigenvalue weighted by atomic mass is 10.1. The number of anilines is 1. The molecule has 1 aromatic heterocycles. The van der Waals surface area contributed by atoms with Crippen molar-refractivity contribution in [2.45, 2.75) is 44.9 Å². The van der Waals surface area contributed by atoms with E-state index in [1.54, 1.807) is 0 Å². The Kier molecular flexibility index (Phi) is 4.31. The lowest BCUT2D eigenvalue weighted by Crippen LogP contribution is -2.11. The van der Waals surface area contributed by atoms with Gasteiger partial charge in [-0.15, -0.1) is 0 Å². The zero-order valence-electron chi connectivity index (χ0n) is 10.6. The summed E-state index contributed by atoms with van der Waals surface area (Å²) in [6.07, 6.45) is 8.04. The smallest absolute Gasteiger partial charge is 0.131 e. The standard InChI is InChI=1S/C13H22N4/c1-10-12(15-8-4-7-14)9-16-13(17-10)11-5-2-3-6-11/h9,11,15H,2-8,14H2,1H3. The number of nitrogens with two attached hydrogens (primary N) is 1. The van der Waals surface area contributed by atoms with Gasteiger partial charge in [0.1, 0.15) is 5.82 Å². The van der Waals surface area contributed by atoms with Gasteiger partial charge in [-0.25, -0.2) is 9.97 Å². The molecule has 0 aromatic carbocycles. The van der Waals surface area contributed by atoms with Crippen molar-refractivity contribution >= 4 is 5.69 Å². The number of nitrogens with zero attached hydrogens (tertiary/aromatic N) is 2. The number of hydrogen-bond acceptors (Lipinski definition) is 4. The predicted molar refractivity (Wildman–Crippen MR) is 70.1 cm³/mol. The van der Waals surface area contributed by atoms with E-state index in [4.69, 9.17) is 5.73 Å². The number of hydrogen-bond donors (Lipinski definition) is 2. The highest BCUT2D eigenvalue weighted by Crippen LogP contribution is 2.32. The molecule has 1 aliphatic rings. The minimum atomic E-state index is 0.590. The van der Waals surface area contributed by atoms with Crippen molar-refractivity contribution in [3.8, 4) is 0 Å². The first-order valence-electron chi connectivity index (χ1n) is 6.58. The van der Waals surface area contributed by atoms with Crippen LogP contribution in [-0.4, -0.2) is 23.1 Å². The minimum absolute atomic E-state index is 0.590. The first-order chi connectivity index (χ1) is 8.31. The highest BCUT2D eigenvalue weighted by Gasteiger charge is 2.20. The van der Waals surface area contributed by atoms with Gasteiger partial charge >= 0.3 is 0 Å². The van der Waals surface area contributed by atoms with Crippen molar-refractivity contribution in [2.24, 2.45) is 5.73 Å². The molecule has 0 spiro atoms. The predicted octanol–water partition coefficient (Wildman–Crippen LogP) is 2.20. The third kappa shape index (κ3) is 3.16. The summed E-state index contributed by atoms with van der Waals surface area (Å²) in [6, 6.07) is 0. The number of rotatable bonds is 5. The van der Waals surface area contributed by atoms with Crippen molar-refractivity contribution in [1.82, 2.24) is 9.97 Å². The van der Waals surface area contributed by atoms with Crippen molar-refractivity contribution < 1.29 is 0 Å². The van der Waals surface area contributed by atoms with Crippen molar-refractivity contribution in [2.75, 3.05) is 18.4 Å². The van der Waals surface area contributed by atoms with Gasteiger partial charge in [0.15, 0.2) is 0 Å². The van der Waals surface area contributed by atoms with Crippen LogP contribution in [0.25, 0.3) is 0 Å². The second kappa shape index (κ2) is 5.96. The molecule has 2 rings (SSSR count). The Morgan fingerprint density at radius 3 is 2.82 bits per heavy atom. The Hall–Kier alpha value is -1.16. The quantitative estimate of drug-likeness (QED) is 0.767. The van der Waals surface area contributed by atoms with E-state index < -0.39 is 0 Å². The van der Waals surface area contributed by atoms with Crippen LogP contribution < -0.4 is 11.1 Å². The SMILES string of the molecule is Cc1nc(C2CCCC2)ncc1NCCCN. The fourth-order valence-corrected chi connectivity index (χ4v) is 2.36. The Labute approximate surface area is 103 Å². The van der Waals surface area contributed by atoms with E-state index >= 15 is 0 Å². The molecule has 4 heteroatoms. The first-order valence-corrected chi connectivity index (χ1v) is 6.58. The van der Waals surface area contributed by atoms with E-state index in [1.165, 1.54) is 25.7 Å². The number of aryl methyl sites for hydroxylation is 1. The van der Waals surface area contributed by atoms with Crippen LogP contribution in [0.5, 0.6) is 0 Å². The van der Waals surface area contributed by atoms with Crippen molar-refractivity contribution in [3.63, 3.8) is 0 Å². The Balaban J connectivity index is 2.00. The van der Waals surface area contributed by atoms with E-state index in [9.17, 15) is 0 Å². The van der Waals surface area contributed by atoms with Crippen LogP contribution in [-0.2, 0) is 0 Å². The maximum atomic E-state index is 5.47. The Morgan fingerprint density at radius 1 is 1.41 bits per heavy atom. The zero-order chi connectivity index (χ0) is 12.1. The first kappa shape index (κ1) is 12.3. The molecule has 1 fully saturated rings. The van der Waals surface area contributed by atoms with Gasteiger partial charge in [-0.2, -0.15) is 0 Å². The van der Waals surface area contributed by atoms with E-state index in [1.807, 2.05) is 13.1 Å². The molecule has 1 heterocycles. The molecule has 0 amide bonds. The molecule has 94 valence electrons. The third-order valence-electron chi connectivity index (χ3n) is 3.41. The summed E-state index contributed by atoms with van der Waals surface area (Å²) in [7, 11) is 0. The summed E-state index contributed by atoms with van der Waals surface area (Å²) in [4.78, 5) is 9.12. The molecule has 17 heavy (non-hydrogen) atoms. The molecular weight excluding hydrogens is 212 g/mol. The average molecular weight is 234 g/mol. The van der Waals surface area contributed by atoms with Crippen LogP contribution in [0.3, 0.4) is 0 Å². The lowest BCUT2D eigenvalue weighted by Gasteiger charge is -2.12. The Morgan fingerprint density at radius 2 is 2.18 bits per heavy atom. The summed E-state index contributed by atoms with van der Waals surface area (Å²) < 4.78 is 0. The molecule has 0 aliphatic heterocycles. The van der Waals surface area contributed by atoms with Crippen LogP contribution in [0, 0.1) is 6.92 Å². The topological polar surface area (TPSA) is 63.8 Å². The molecule has 0 saturated heterocycles. The maximum absolute atomic E-state index is 5.47. The highest BCUT2D eigenvalue weighted by molar-refractivity contribution is 5.45. The summed E-state index contributed by atoms with van der Waals surface area (Å²) in [5.74, 6) is 1.62. The molecule has 1 aromatic rings. The fraction of sp³-hybridized carbons (Fsp3) is 0.692. The normalized spacial score (nSPS) is 16.4. The summed E-state index contributed by atoms with van der Waals surface area (Å²) in [5, 5.41) is 3.33. The molecule has 1 saturated carbocycles. The highest BCUT2D eigenvalue weighted by atomic mass is 15.0. The summed E-state index contributed by atoms with van der Waals surface area (Å²) in [5.41, 5.74) is 7.56. The molecule has 1 aliphatic carbocycles. The molecule has 4 nitrogen and oxygen atoms in total. The zero-order valence-corrected chi connectivity index (χ0v) is 10.6. The molecular formula is C13H22N4. The summed E-state index contributed by atoms with van der Waals surface area (Å²) >= 11 is 0. The van der Waals surface area contributed by atoms with Crippen LogP contribution in [0.4, 0.5) is 5.69 Å². The Bertz CT molecular complexity index is 358. The maximum Gasteiger partial charge on any atom is 0.131 e. The molecule has 0 radical (unpaired) electrons. The molecule has 0 atom stereocenters. The van der Waals surface area contributed by atoms with Crippen LogP contribution in [0.15, 0.2) is 6.20 Å². The van der Waals surface area contributed by atoms with E-state index in [0.717, 1.165) is 30.2 Å². The van der Waals surface area contributed by atoms with Crippen molar-refractivity contribution in [1.29, 1.82) is 0 Å². The van der Waals surface area contributed by atoms with Gasteiger partial charge in [0, 0.05) is 12.5 Å². The minimum Gasteiger partial charge on any atom is -0.382 e. The largest absolute Gasteiger partial charge is 0.382 e. The van der Waals surface area contributed by atoms with Gasteiger partial charge in [0.25, 0.3) is 0 Å². The number of nitrogens with one attached hydrogen (secondary N) is 1. The van der Waals surface area contributed by atoms with E-state index in [0.29, 0.717) is 12.5 Å². The molecule has 3 N–H and O–H groups in total. The fourth-order valence-electron chi connectivity index (χ4n) is 2.36. The second-order valence-corrected chi connectivity index (χ2v) is 4.78. The van der Waals surface area contributed by atoms with Gasteiger partial charge in [-0.3, -0.25) is 0 Å². The third-order valence-corrected chi connectivity index (χ3v) is 3.41. The van der Waals surface area contributed by atoms with Gasteiger partial charge in [-0.1, -0.05) is 12.8 Å². The number of aromatic nitrogens is 2. The average Bonchev–Trinajstić information content (AvgIpc) is 2.85. The van der Waals surface area contributed by atoms with Crippen molar-refractivity contribution in [3.05, 3.63) is 17.7 Å². The van der Waals surface area contributed by atoms with E-state index in [-0.39, 0.29) is 0 Å². The van der Waals surface area contributed by atoms with Crippen LogP contribution in [0.2, 0.25) is 0 Å². The van der Waals surface area contributed by atoms with Crippen LogP contribution in [0.1, 0.15) is 49.5 Å². The molecule has 0 bridgehead atoms. The second-order valence-electron chi connectivity index (χ2n) is 4.78. The van der Waals surface area contributed by atoms with Crippen LogP contribution >= 0.6 is 0 Å². The monoisotopic (exact) mass is 234 g/mol. The van der Waals surface area contributed by atoms with Gasteiger partial charge in [0.2, 0.25) is 0 Å². The molecule has 0 unspecified atom stereocenters. The van der Waals surface area contributed by atoms with Gasteiger partial charge in [0.05, 0.1) is 17.6 Å². The van der Waals surface area contributed by atoms with Gasteiger partial charge in [-0.05, 0) is 32.7 Å².